The number of carbonyl (C=O) groups excluding carboxylic acids is 2. The zero-order chi connectivity index (χ0) is 18.4. The number of hydrogen-bond acceptors (Lipinski definition) is 3. The minimum atomic E-state index is -0.946. The zero-order valence-corrected chi connectivity index (χ0v) is 15.0. The molecule has 5 nitrogen and oxygen atoms in total. The highest BCUT2D eigenvalue weighted by Crippen LogP contribution is 2.48. The molecule has 0 atom stereocenters. The first-order chi connectivity index (χ1) is 12.7. The molecule has 2 aromatic carbocycles. The molecule has 2 amide bonds. The van der Waals surface area contributed by atoms with Gasteiger partial charge >= 0.3 is 0 Å². The molecule has 3 rings (SSSR count). The van der Waals surface area contributed by atoms with E-state index in [-0.39, 0.29) is 11.8 Å². The van der Waals surface area contributed by atoms with Crippen molar-refractivity contribution in [2.45, 2.75) is 19.4 Å². The van der Waals surface area contributed by atoms with Crippen LogP contribution in [0.15, 0.2) is 60.7 Å². The van der Waals surface area contributed by atoms with Gasteiger partial charge in [0.2, 0.25) is 11.8 Å². The van der Waals surface area contributed by atoms with Gasteiger partial charge in [-0.2, -0.15) is 0 Å². The normalized spacial score (nSPS) is 14.5. The second-order valence-corrected chi connectivity index (χ2v) is 6.54. The molecule has 136 valence electrons. The molecule has 1 aliphatic rings. The number of nitrogens with one attached hydrogen (secondary N) is 1. The van der Waals surface area contributed by atoms with Crippen molar-refractivity contribution in [1.29, 1.82) is 0 Å². The summed E-state index contributed by atoms with van der Waals surface area (Å²) in [6.45, 7) is 1.29. The molecule has 2 aromatic rings. The third kappa shape index (κ3) is 3.94. The van der Waals surface area contributed by atoms with Gasteiger partial charge in [0.05, 0.1) is 13.2 Å². The van der Waals surface area contributed by atoms with Crippen LogP contribution >= 0.6 is 0 Å². The molecule has 0 bridgehead atoms. The summed E-state index contributed by atoms with van der Waals surface area (Å²) in [5.41, 5.74) is 0.885. The molecule has 0 radical (unpaired) electrons. The Morgan fingerprint density at radius 3 is 2.23 bits per heavy atom. The summed E-state index contributed by atoms with van der Waals surface area (Å²) in [6.07, 6.45) is 1.17. The predicted octanol–water partition coefficient (Wildman–Crippen LogP) is 2.76. The average Bonchev–Trinajstić information content (AvgIpc) is 3.49. The average molecular weight is 352 g/mol. The lowest BCUT2D eigenvalue weighted by Gasteiger charge is -2.27. The standard InChI is InChI=1S/C21H24N2O3/c1-26-15-14-22-19(24)21(12-13-21)20(25)23(18-10-6-3-7-11-18)16-17-8-4-2-5-9-17/h2-11H,12-16H2,1H3,(H,22,24). The highest BCUT2D eigenvalue weighted by molar-refractivity contribution is 6.14. The van der Waals surface area contributed by atoms with Gasteiger partial charge in [0.25, 0.3) is 0 Å². The van der Waals surface area contributed by atoms with Crippen LogP contribution in [0.25, 0.3) is 0 Å². The minimum absolute atomic E-state index is 0.137. The van der Waals surface area contributed by atoms with Crippen molar-refractivity contribution in [2.75, 3.05) is 25.2 Å². The lowest BCUT2D eigenvalue weighted by molar-refractivity contribution is -0.135. The van der Waals surface area contributed by atoms with E-state index in [1.165, 1.54) is 0 Å². The van der Waals surface area contributed by atoms with Crippen molar-refractivity contribution >= 4 is 17.5 Å². The fourth-order valence-electron chi connectivity index (χ4n) is 3.01. The Bertz CT molecular complexity index is 742. The number of nitrogens with zero attached hydrogens (tertiary/aromatic N) is 1. The summed E-state index contributed by atoms with van der Waals surface area (Å²) in [5, 5.41) is 2.83. The van der Waals surface area contributed by atoms with Gasteiger partial charge in [-0.3, -0.25) is 9.59 Å². The van der Waals surface area contributed by atoms with Gasteiger partial charge in [-0.05, 0) is 30.5 Å². The van der Waals surface area contributed by atoms with Crippen LogP contribution in [0.3, 0.4) is 0 Å². The van der Waals surface area contributed by atoms with Crippen LogP contribution in [-0.4, -0.2) is 32.1 Å². The molecule has 1 saturated carbocycles. The number of rotatable bonds is 8. The predicted molar refractivity (Wildman–Crippen MR) is 101 cm³/mol. The highest BCUT2D eigenvalue weighted by atomic mass is 16.5. The van der Waals surface area contributed by atoms with E-state index in [1.54, 1.807) is 12.0 Å². The monoisotopic (exact) mass is 352 g/mol. The lowest BCUT2D eigenvalue weighted by Crippen LogP contribution is -2.45. The van der Waals surface area contributed by atoms with E-state index in [1.807, 2.05) is 60.7 Å². The number of ether oxygens (including phenoxy) is 1. The number of hydrogen-bond donors (Lipinski definition) is 1. The van der Waals surface area contributed by atoms with Crippen molar-refractivity contribution in [3.8, 4) is 0 Å². The maximum Gasteiger partial charge on any atom is 0.242 e. The van der Waals surface area contributed by atoms with Gasteiger partial charge in [0, 0.05) is 19.3 Å². The molecule has 0 aliphatic heterocycles. The van der Waals surface area contributed by atoms with Crippen LogP contribution in [-0.2, 0) is 20.9 Å². The molecular weight excluding hydrogens is 328 g/mol. The molecule has 1 N–H and O–H groups in total. The van der Waals surface area contributed by atoms with Crippen LogP contribution < -0.4 is 10.2 Å². The molecule has 26 heavy (non-hydrogen) atoms. The van der Waals surface area contributed by atoms with Crippen molar-refractivity contribution < 1.29 is 14.3 Å². The van der Waals surface area contributed by atoms with Crippen LogP contribution in [0.1, 0.15) is 18.4 Å². The highest BCUT2D eigenvalue weighted by Gasteiger charge is 2.58. The number of methoxy groups -OCH3 is 1. The lowest BCUT2D eigenvalue weighted by atomic mass is 10.0. The molecule has 1 aliphatic carbocycles. The van der Waals surface area contributed by atoms with Gasteiger partial charge in [0.1, 0.15) is 5.41 Å². The van der Waals surface area contributed by atoms with Gasteiger partial charge < -0.3 is 15.0 Å². The van der Waals surface area contributed by atoms with E-state index >= 15 is 0 Å². The van der Waals surface area contributed by atoms with Gasteiger partial charge in [-0.1, -0.05) is 48.5 Å². The van der Waals surface area contributed by atoms with E-state index in [9.17, 15) is 9.59 Å². The quantitative estimate of drug-likeness (QED) is 0.587. The van der Waals surface area contributed by atoms with Crippen molar-refractivity contribution in [3.63, 3.8) is 0 Å². The van der Waals surface area contributed by atoms with E-state index in [0.717, 1.165) is 11.3 Å². The Labute approximate surface area is 154 Å². The van der Waals surface area contributed by atoms with Crippen LogP contribution in [0.5, 0.6) is 0 Å². The first kappa shape index (κ1) is 18.1. The smallest absolute Gasteiger partial charge is 0.242 e. The van der Waals surface area contributed by atoms with Gasteiger partial charge in [-0.25, -0.2) is 0 Å². The summed E-state index contributed by atoms with van der Waals surface area (Å²) in [6, 6.07) is 19.4. The first-order valence-corrected chi connectivity index (χ1v) is 8.85. The van der Waals surface area contributed by atoms with E-state index in [2.05, 4.69) is 5.32 Å². The Hall–Kier alpha value is -2.66. The van der Waals surface area contributed by atoms with E-state index in [4.69, 9.17) is 4.74 Å². The summed E-state index contributed by atoms with van der Waals surface area (Å²) >= 11 is 0. The fourth-order valence-corrected chi connectivity index (χ4v) is 3.01. The Morgan fingerprint density at radius 1 is 1.04 bits per heavy atom. The number of anilines is 1. The maximum absolute atomic E-state index is 13.3. The van der Waals surface area contributed by atoms with E-state index < -0.39 is 5.41 Å². The number of benzene rings is 2. The second kappa shape index (κ2) is 8.15. The van der Waals surface area contributed by atoms with Crippen molar-refractivity contribution in [3.05, 3.63) is 66.2 Å². The van der Waals surface area contributed by atoms with Gasteiger partial charge in [-0.15, -0.1) is 0 Å². The van der Waals surface area contributed by atoms with Crippen LogP contribution in [0, 0.1) is 5.41 Å². The summed E-state index contributed by atoms with van der Waals surface area (Å²) in [7, 11) is 1.58. The summed E-state index contributed by atoms with van der Waals surface area (Å²) in [5.74, 6) is -0.337. The minimum Gasteiger partial charge on any atom is -0.383 e. The maximum atomic E-state index is 13.3. The number of carbonyl (C=O) groups is 2. The second-order valence-electron chi connectivity index (χ2n) is 6.54. The molecule has 0 unspecified atom stereocenters. The third-order valence-corrected chi connectivity index (χ3v) is 4.68. The van der Waals surface area contributed by atoms with Gasteiger partial charge in [0.15, 0.2) is 0 Å². The van der Waals surface area contributed by atoms with Crippen molar-refractivity contribution in [2.24, 2.45) is 5.41 Å². The largest absolute Gasteiger partial charge is 0.383 e. The Morgan fingerprint density at radius 2 is 1.65 bits per heavy atom. The first-order valence-electron chi connectivity index (χ1n) is 8.85. The van der Waals surface area contributed by atoms with Crippen LogP contribution in [0.4, 0.5) is 5.69 Å². The topological polar surface area (TPSA) is 58.6 Å². The molecule has 0 aromatic heterocycles. The van der Waals surface area contributed by atoms with E-state index in [0.29, 0.717) is 32.5 Å². The Balaban J connectivity index is 1.82. The molecule has 1 fully saturated rings. The molecule has 0 heterocycles. The molecule has 5 heteroatoms. The SMILES string of the molecule is COCCNC(=O)C1(C(=O)N(Cc2ccccc2)c2ccccc2)CC1. The van der Waals surface area contributed by atoms with Crippen molar-refractivity contribution in [1.82, 2.24) is 5.32 Å². The summed E-state index contributed by atoms with van der Waals surface area (Å²) < 4.78 is 4.97. The van der Waals surface area contributed by atoms with Crippen LogP contribution in [0.2, 0.25) is 0 Å². The molecule has 0 spiro atoms. The summed E-state index contributed by atoms with van der Waals surface area (Å²) in [4.78, 5) is 27.7. The molecule has 0 saturated heterocycles. The zero-order valence-electron chi connectivity index (χ0n) is 15.0. The fraction of sp³-hybridized carbons (Fsp3) is 0.333. The number of para-hydroxylation sites is 1. The number of amides is 2. The Kier molecular flexibility index (Phi) is 5.68. The molecular formula is C21H24N2O3. The third-order valence-electron chi connectivity index (χ3n) is 4.68.